The van der Waals surface area contributed by atoms with E-state index in [-0.39, 0.29) is 11.3 Å². The Bertz CT molecular complexity index is 1370. The molecule has 3 aromatic rings. The van der Waals surface area contributed by atoms with Crippen molar-refractivity contribution in [3.8, 4) is 17.4 Å². The highest BCUT2D eigenvalue weighted by molar-refractivity contribution is 6.07. The van der Waals surface area contributed by atoms with Gasteiger partial charge in [-0.3, -0.25) is 9.59 Å². The van der Waals surface area contributed by atoms with E-state index in [1.807, 2.05) is 0 Å². The van der Waals surface area contributed by atoms with Crippen molar-refractivity contribution >= 4 is 17.5 Å². The fourth-order valence-electron chi connectivity index (χ4n) is 3.11. The number of aromatic nitrogens is 2. The van der Waals surface area contributed by atoms with Crippen molar-refractivity contribution in [2.45, 2.75) is 26.4 Å². The van der Waals surface area contributed by atoms with Crippen LogP contribution >= 0.6 is 0 Å². The molecular weight excluding hydrogens is 517 g/mol. The minimum Gasteiger partial charge on any atom is -0.437 e. The zero-order chi connectivity index (χ0) is 27.7. The standard InChI is InChI=1S/C22H15F7N4O4/c1-9-13(6-7-14(16(9)23)37-22(27,28)29)36-20-15(10(2)17(32-33-20)21(24,25)26)19(35)31-12-5-3-4-11(8-12)18(30)34/h3-8H,1-2H3,(H2,30,34)(H,31,35). The molecule has 3 N–H and O–H groups in total. The molecular formula is C22H15F7N4O4. The number of halogens is 7. The summed E-state index contributed by atoms with van der Waals surface area (Å²) in [6.45, 7) is 1.92. The quantitative estimate of drug-likeness (QED) is 0.417. The van der Waals surface area contributed by atoms with Crippen molar-refractivity contribution in [1.29, 1.82) is 0 Å². The smallest absolute Gasteiger partial charge is 0.437 e. The van der Waals surface area contributed by atoms with Crippen molar-refractivity contribution < 1.29 is 49.8 Å². The maximum absolute atomic E-state index is 14.4. The summed E-state index contributed by atoms with van der Waals surface area (Å²) in [6.07, 6.45) is -10.2. The molecule has 0 aliphatic carbocycles. The first kappa shape index (κ1) is 27.2. The lowest BCUT2D eigenvalue weighted by atomic mass is 10.1. The number of benzene rings is 2. The number of hydrogen-bond donors (Lipinski definition) is 2. The first-order valence-corrected chi connectivity index (χ1v) is 9.97. The number of alkyl halides is 6. The number of hydrogen-bond acceptors (Lipinski definition) is 6. The number of rotatable bonds is 6. The summed E-state index contributed by atoms with van der Waals surface area (Å²) in [5, 5.41) is 8.62. The lowest BCUT2D eigenvalue weighted by molar-refractivity contribution is -0.275. The minimum absolute atomic E-state index is 0.0119. The third kappa shape index (κ3) is 6.23. The molecule has 0 bridgehead atoms. The third-order valence-electron chi connectivity index (χ3n) is 4.82. The van der Waals surface area contributed by atoms with Gasteiger partial charge in [-0.15, -0.1) is 23.4 Å². The van der Waals surface area contributed by atoms with Gasteiger partial charge >= 0.3 is 12.5 Å². The summed E-state index contributed by atoms with van der Waals surface area (Å²) in [6, 6.07) is 6.57. The molecule has 196 valence electrons. The van der Waals surface area contributed by atoms with Crippen LogP contribution in [0.25, 0.3) is 0 Å². The van der Waals surface area contributed by atoms with Gasteiger partial charge < -0.3 is 20.5 Å². The lowest BCUT2D eigenvalue weighted by Gasteiger charge is -2.17. The van der Waals surface area contributed by atoms with E-state index in [2.05, 4.69) is 20.3 Å². The molecule has 0 fully saturated rings. The predicted octanol–water partition coefficient (Wildman–Crippen LogP) is 5.29. The molecule has 0 saturated heterocycles. The van der Waals surface area contributed by atoms with Gasteiger partial charge in [0.05, 0.1) is 0 Å². The van der Waals surface area contributed by atoms with Gasteiger partial charge in [-0.25, -0.2) is 4.39 Å². The van der Waals surface area contributed by atoms with Crippen LogP contribution in [-0.4, -0.2) is 28.4 Å². The zero-order valence-corrected chi connectivity index (χ0v) is 18.7. The number of primary amides is 1. The molecule has 1 heterocycles. The van der Waals surface area contributed by atoms with E-state index in [0.717, 1.165) is 26.0 Å². The molecule has 2 amide bonds. The number of nitrogens with one attached hydrogen (secondary N) is 1. The summed E-state index contributed by atoms with van der Waals surface area (Å²) in [7, 11) is 0. The second kappa shape index (κ2) is 9.91. The molecule has 2 aromatic carbocycles. The number of anilines is 1. The van der Waals surface area contributed by atoms with Crippen molar-refractivity contribution in [3.63, 3.8) is 0 Å². The van der Waals surface area contributed by atoms with E-state index in [9.17, 15) is 40.3 Å². The van der Waals surface area contributed by atoms with Gasteiger partial charge in [-0.1, -0.05) is 6.07 Å². The number of nitrogens with two attached hydrogens (primary N) is 1. The van der Waals surface area contributed by atoms with Gasteiger partial charge in [-0.05, 0) is 49.7 Å². The largest absolute Gasteiger partial charge is 0.573 e. The maximum Gasteiger partial charge on any atom is 0.573 e. The molecule has 0 saturated carbocycles. The van der Waals surface area contributed by atoms with E-state index in [0.29, 0.717) is 6.07 Å². The fourth-order valence-corrected chi connectivity index (χ4v) is 3.11. The Hall–Kier alpha value is -4.43. The predicted molar refractivity (Wildman–Crippen MR) is 113 cm³/mol. The summed E-state index contributed by atoms with van der Waals surface area (Å²) >= 11 is 0. The Balaban J connectivity index is 2.06. The number of ether oxygens (including phenoxy) is 2. The molecule has 8 nitrogen and oxygen atoms in total. The van der Waals surface area contributed by atoms with E-state index in [4.69, 9.17) is 10.5 Å². The molecule has 0 atom stereocenters. The van der Waals surface area contributed by atoms with Gasteiger partial charge in [0.15, 0.2) is 17.3 Å². The van der Waals surface area contributed by atoms with Crippen LogP contribution in [0.4, 0.5) is 36.4 Å². The average Bonchev–Trinajstić information content (AvgIpc) is 2.77. The van der Waals surface area contributed by atoms with Crippen LogP contribution in [-0.2, 0) is 6.18 Å². The van der Waals surface area contributed by atoms with Gasteiger partial charge in [0.1, 0.15) is 11.3 Å². The van der Waals surface area contributed by atoms with Crippen LogP contribution in [0.2, 0.25) is 0 Å². The Morgan fingerprint density at radius 2 is 1.59 bits per heavy atom. The van der Waals surface area contributed by atoms with Crippen LogP contribution in [0.15, 0.2) is 36.4 Å². The van der Waals surface area contributed by atoms with Crippen LogP contribution in [0.3, 0.4) is 0 Å². The Morgan fingerprint density at radius 3 is 2.19 bits per heavy atom. The maximum atomic E-state index is 14.4. The molecule has 0 radical (unpaired) electrons. The summed E-state index contributed by atoms with van der Waals surface area (Å²) < 4.78 is 101. The van der Waals surface area contributed by atoms with Crippen LogP contribution in [0.1, 0.15) is 37.5 Å². The molecule has 0 aliphatic heterocycles. The molecule has 0 unspecified atom stereocenters. The van der Waals surface area contributed by atoms with Crippen molar-refractivity contribution in [2.75, 3.05) is 5.32 Å². The molecule has 3 rings (SSSR count). The van der Waals surface area contributed by atoms with Gasteiger partial charge in [0.25, 0.3) is 11.8 Å². The highest BCUT2D eigenvalue weighted by atomic mass is 19.4. The first-order valence-electron chi connectivity index (χ1n) is 9.97. The van der Waals surface area contributed by atoms with E-state index < -0.39 is 69.9 Å². The fraction of sp³-hybridized carbons (Fsp3) is 0.182. The summed E-state index contributed by atoms with van der Waals surface area (Å²) in [5.41, 5.74) is 1.63. The van der Waals surface area contributed by atoms with Gasteiger partial charge in [-0.2, -0.15) is 13.2 Å². The number of carbonyl (C=O) groups excluding carboxylic acids is 2. The van der Waals surface area contributed by atoms with Crippen LogP contribution in [0, 0.1) is 19.7 Å². The van der Waals surface area contributed by atoms with Crippen molar-refractivity contribution in [2.24, 2.45) is 5.73 Å². The number of carbonyl (C=O) groups is 2. The monoisotopic (exact) mass is 532 g/mol. The Kier molecular flexibility index (Phi) is 7.27. The Morgan fingerprint density at radius 1 is 0.946 bits per heavy atom. The van der Waals surface area contributed by atoms with E-state index in [1.54, 1.807) is 0 Å². The first-order chi connectivity index (χ1) is 17.1. The van der Waals surface area contributed by atoms with Crippen molar-refractivity contribution in [3.05, 3.63) is 70.2 Å². The summed E-state index contributed by atoms with van der Waals surface area (Å²) in [4.78, 5) is 24.4. The third-order valence-corrected chi connectivity index (χ3v) is 4.82. The van der Waals surface area contributed by atoms with E-state index >= 15 is 0 Å². The van der Waals surface area contributed by atoms with Gasteiger partial charge in [0, 0.05) is 16.8 Å². The molecule has 0 aliphatic rings. The SMILES string of the molecule is Cc1c(Oc2nnc(C(F)(F)F)c(C)c2C(=O)Nc2cccc(C(N)=O)c2)ccc(OC(F)(F)F)c1F. The van der Waals surface area contributed by atoms with E-state index in [1.165, 1.54) is 18.2 Å². The average molecular weight is 532 g/mol. The molecule has 37 heavy (non-hydrogen) atoms. The number of amides is 2. The zero-order valence-electron chi connectivity index (χ0n) is 18.7. The lowest BCUT2D eigenvalue weighted by Crippen LogP contribution is -2.21. The van der Waals surface area contributed by atoms with Crippen molar-refractivity contribution in [1.82, 2.24) is 10.2 Å². The minimum atomic E-state index is -5.19. The Labute approximate surface area is 203 Å². The topological polar surface area (TPSA) is 116 Å². The normalized spacial score (nSPS) is 11.7. The molecule has 1 aromatic heterocycles. The highest BCUT2D eigenvalue weighted by Gasteiger charge is 2.38. The molecule has 0 spiro atoms. The summed E-state index contributed by atoms with van der Waals surface area (Å²) in [5.74, 6) is -5.95. The molecule has 15 heteroatoms. The number of nitrogens with zero attached hydrogens (tertiary/aromatic N) is 2. The van der Waals surface area contributed by atoms with Crippen LogP contribution < -0.4 is 20.5 Å². The van der Waals surface area contributed by atoms with Gasteiger partial charge in [0.2, 0.25) is 5.91 Å². The second-order valence-corrected chi connectivity index (χ2v) is 7.40. The second-order valence-electron chi connectivity index (χ2n) is 7.40. The highest BCUT2D eigenvalue weighted by Crippen LogP contribution is 2.37. The van der Waals surface area contributed by atoms with Crippen LogP contribution in [0.5, 0.6) is 17.4 Å².